The molecule has 0 bridgehead atoms. The molecule has 0 saturated heterocycles. The van der Waals surface area contributed by atoms with E-state index in [0.717, 1.165) is 4.90 Å². The largest absolute Gasteiger partial charge is 0.508 e. The highest BCUT2D eigenvalue weighted by Gasteiger charge is 2.09. The number of phenolic OH excluding ortho intramolecular Hbond substituents is 1. The predicted octanol–water partition coefficient (Wildman–Crippen LogP) is 2.66. The van der Waals surface area contributed by atoms with Crippen LogP contribution in [-0.2, 0) is 0 Å². The van der Waals surface area contributed by atoms with Gasteiger partial charge in [0, 0.05) is 30.4 Å². The van der Waals surface area contributed by atoms with Gasteiger partial charge in [0.2, 0.25) is 5.89 Å². The Hall–Kier alpha value is -2.56. The minimum Gasteiger partial charge on any atom is -0.508 e. The highest BCUT2D eigenvalue weighted by atomic mass is 16.3. The molecule has 0 saturated carbocycles. The smallest absolute Gasteiger partial charge is 0.228 e. The average Bonchev–Trinajstić information content (AvgIpc) is 2.88. The molecule has 3 rings (SSSR count). The van der Waals surface area contributed by atoms with Crippen molar-refractivity contribution in [3.05, 3.63) is 36.5 Å². The molecule has 1 N–H and O–H groups in total. The van der Waals surface area contributed by atoms with Crippen molar-refractivity contribution in [3.8, 4) is 17.2 Å². The monoisotopic (exact) mass is 261 g/mol. The van der Waals surface area contributed by atoms with Gasteiger partial charge in [-0.2, -0.15) is 0 Å². The molecule has 0 radical (unpaired) electrons. The summed E-state index contributed by atoms with van der Waals surface area (Å²) in [7, 11) is 1.46. The minimum atomic E-state index is -2.25. The second kappa shape index (κ2) is 4.28. The molecule has 1 aromatic carbocycles. The quantitative estimate of drug-likeness (QED) is 0.768. The van der Waals surface area contributed by atoms with Gasteiger partial charge in [0.1, 0.15) is 17.1 Å². The molecule has 2 heterocycles. The number of oxazole rings is 1. The third-order valence-electron chi connectivity index (χ3n) is 2.71. The molecule has 5 nitrogen and oxygen atoms in total. The summed E-state index contributed by atoms with van der Waals surface area (Å²) in [4.78, 5) is 9.54. The van der Waals surface area contributed by atoms with Crippen molar-refractivity contribution < 1.29 is 13.6 Å². The fourth-order valence-electron chi connectivity index (χ4n) is 1.75. The van der Waals surface area contributed by atoms with Gasteiger partial charge in [-0.1, -0.05) is 0 Å². The Morgan fingerprint density at radius 3 is 2.95 bits per heavy atom. The lowest BCUT2D eigenvalue weighted by Crippen LogP contribution is -2.09. The molecule has 0 atom stereocenters. The highest BCUT2D eigenvalue weighted by Crippen LogP contribution is 2.26. The van der Waals surface area contributed by atoms with E-state index < -0.39 is 6.98 Å². The number of fused-ring (bicyclic) bond motifs is 1. The number of aromatic nitrogens is 2. The molecule has 0 spiro atoms. The summed E-state index contributed by atoms with van der Waals surface area (Å²) < 4.78 is 27.6. The number of benzene rings is 1. The summed E-state index contributed by atoms with van der Waals surface area (Å²) in [5.41, 5.74) is 1.72. The Kier molecular flexibility index (Phi) is 1.92. The molecule has 0 unspecified atom stereocenters. The van der Waals surface area contributed by atoms with Gasteiger partial charge in [-0.3, -0.25) is 0 Å². The van der Waals surface area contributed by atoms with Crippen LogP contribution in [0.5, 0.6) is 5.75 Å². The summed E-state index contributed by atoms with van der Waals surface area (Å²) in [5, 5.41) is 9.42. The Morgan fingerprint density at radius 1 is 1.32 bits per heavy atom. The number of rotatable bonds is 2. The third-order valence-corrected chi connectivity index (χ3v) is 2.71. The van der Waals surface area contributed by atoms with Crippen LogP contribution < -0.4 is 4.90 Å². The number of hydrogen-bond acceptors (Lipinski definition) is 5. The zero-order chi connectivity index (χ0) is 15.9. The zero-order valence-electron chi connectivity index (χ0n) is 13.2. The van der Waals surface area contributed by atoms with E-state index in [2.05, 4.69) is 9.97 Å². The Labute approximate surface area is 114 Å². The maximum Gasteiger partial charge on any atom is 0.228 e. The summed E-state index contributed by atoms with van der Waals surface area (Å²) in [6, 6.07) is 7.95. The van der Waals surface area contributed by atoms with Crippen molar-refractivity contribution in [2.45, 2.75) is 0 Å². The summed E-state index contributed by atoms with van der Waals surface area (Å²) in [6.45, 7) is -2.25. The van der Waals surface area contributed by atoms with E-state index in [-0.39, 0.29) is 5.75 Å². The van der Waals surface area contributed by atoms with Gasteiger partial charge in [-0.25, -0.2) is 9.97 Å². The first kappa shape index (κ1) is 8.53. The molecule has 0 aliphatic heterocycles. The maximum absolute atomic E-state index is 9.42. The van der Waals surface area contributed by atoms with Gasteiger partial charge in [0.15, 0.2) is 5.58 Å². The lowest BCUT2D eigenvalue weighted by Gasteiger charge is -2.10. The third kappa shape index (κ3) is 2.10. The normalized spacial score (nSPS) is 13.8. The molecule has 19 heavy (non-hydrogen) atoms. The highest BCUT2D eigenvalue weighted by molar-refractivity contribution is 5.77. The lowest BCUT2D eigenvalue weighted by atomic mass is 10.3. The molecule has 3 aromatic rings. The Balaban J connectivity index is 1.94. The second-order valence-corrected chi connectivity index (χ2v) is 4.14. The van der Waals surface area contributed by atoms with Crippen LogP contribution in [0.15, 0.2) is 40.9 Å². The van der Waals surface area contributed by atoms with Crippen LogP contribution in [-0.4, -0.2) is 29.1 Å². The number of anilines is 1. The van der Waals surface area contributed by atoms with Crippen molar-refractivity contribution >= 4 is 16.9 Å². The number of phenols is 1. The van der Waals surface area contributed by atoms with E-state index in [4.69, 9.17) is 8.53 Å². The number of nitrogens with zero attached hydrogens (tertiary/aromatic N) is 3. The predicted molar refractivity (Wildman–Crippen MR) is 73.2 cm³/mol. The van der Waals surface area contributed by atoms with E-state index in [9.17, 15) is 5.11 Å². The number of pyridine rings is 1. The molecular formula is C14H13N3O2. The van der Waals surface area contributed by atoms with Gasteiger partial charge >= 0.3 is 0 Å². The number of hydrogen-bond donors (Lipinski definition) is 1. The molecule has 2 aromatic heterocycles. The summed E-state index contributed by atoms with van der Waals surface area (Å²) in [6.07, 6.45) is 1.50. The van der Waals surface area contributed by atoms with Crippen LogP contribution >= 0.6 is 0 Å². The SMILES string of the molecule is [3H]C([3H])([3H])N(C)c1ccc(-c2nc3ccc(O)cc3o2)cn1. The molecule has 96 valence electrons. The van der Waals surface area contributed by atoms with E-state index in [0.29, 0.717) is 28.4 Å². The van der Waals surface area contributed by atoms with Crippen LogP contribution in [0.2, 0.25) is 0 Å². The van der Waals surface area contributed by atoms with Crippen LogP contribution in [0.25, 0.3) is 22.6 Å². The van der Waals surface area contributed by atoms with Crippen molar-refractivity contribution in [1.82, 2.24) is 9.97 Å². The molecular weight excluding hydrogens is 242 g/mol. The number of aromatic hydroxyl groups is 1. The summed E-state index contributed by atoms with van der Waals surface area (Å²) in [5.74, 6) is 0.789. The lowest BCUT2D eigenvalue weighted by molar-refractivity contribution is 0.474. The summed E-state index contributed by atoms with van der Waals surface area (Å²) >= 11 is 0. The Morgan fingerprint density at radius 2 is 2.21 bits per heavy atom. The van der Waals surface area contributed by atoms with Crippen LogP contribution in [0.1, 0.15) is 4.11 Å². The van der Waals surface area contributed by atoms with Crippen LogP contribution in [0.3, 0.4) is 0 Å². The van der Waals surface area contributed by atoms with Crippen molar-refractivity contribution in [2.75, 3.05) is 18.9 Å². The first-order valence-corrected chi connectivity index (χ1v) is 5.64. The molecule has 0 aliphatic carbocycles. The standard InChI is InChI=1S/C14H13N3O2/c1-17(2)13-6-3-9(8-15-13)14-16-11-5-4-10(18)7-12(11)19-14/h3-8,18H,1-2H3/i1T3. The van der Waals surface area contributed by atoms with Crippen molar-refractivity contribution in [1.29, 1.82) is 0 Å². The van der Waals surface area contributed by atoms with Gasteiger partial charge in [-0.15, -0.1) is 0 Å². The molecule has 0 aliphatic rings. The fourth-order valence-corrected chi connectivity index (χ4v) is 1.75. The van der Waals surface area contributed by atoms with Crippen molar-refractivity contribution in [3.63, 3.8) is 0 Å². The van der Waals surface area contributed by atoms with Crippen LogP contribution in [0, 0.1) is 0 Å². The van der Waals surface area contributed by atoms with E-state index >= 15 is 0 Å². The average molecular weight is 261 g/mol. The second-order valence-electron chi connectivity index (χ2n) is 4.14. The van der Waals surface area contributed by atoms with Gasteiger partial charge < -0.3 is 14.4 Å². The minimum absolute atomic E-state index is 0.1000. The van der Waals surface area contributed by atoms with Crippen molar-refractivity contribution in [2.24, 2.45) is 0 Å². The van der Waals surface area contributed by atoms with Crippen LogP contribution in [0.4, 0.5) is 5.82 Å². The molecule has 0 fully saturated rings. The topological polar surface area (TPSA) is 62.4 Å². The van der Waals surface area contributed by atoms with E-state index in [1.807, 2.05) is 0 Å². The first-order chi connectivity index (χ1) is 10.3. The first-order valence-electron chi connectivity index (χ1n) is 7.14. The fraction of sp³-hybridized carbons (Fsp3) is 0.143. The molecule has 5 heteroatoms. The Bertz CT molecular complexity index is 812. The van der Waals surface area contributed by atoms with Gasteiger partial charge in [0.25, 0.3) is 0 Å². The van der Waals surface area contributed by atoms with E-state index in [1.54, 1.807) is 18.2 Å². The maximum atomic E-state index is 9.42. The zero-order valence-corrected chi connectivity index (χ0v) is 10.2. The van der Waals surface area contributed by atoms with E-state index in [1.165, 1.54) is 25.4 Å². The van der Waals surface area contributed by atoms with Gasteiger partial charge in [-0.05, 0) is 24.3 Å². The van der Waals surface area contributed by atoms with Gasteiger partial charge in [0.05, 0.1) is 5.56 Å². The molecule has 0 amide bonds.